The van der Waals surface area contributed by atoms with Crippen molar-refractivity contribution in [2.45, 2.75) is 20.8 Å². The highest BCUT2D eigenvalue weighted by molar-refractivity contribution is 5.95. The summed E-state index contributed by atoms with van der Waals surface area (Å²) >= 11 is 0. The highest BCUT2D eigenvalue weighted by Crippen LogP contribution is 2.05. The van der Waals surface area contributed by atoms with Gasteiger partial charge in [0.1, 0.15) is 0 Å². The van der Waals surface area contributed by atoms with Crippen molar-refractivity contribution in [1.82, 2.24) is 15.8 Å². The van der Waals surface area contributed by atoms with Gasteiger partial charge in [-0.2, -0.15) is 0 Å². The van der Waals surface area contributed by atoms with Gasteiger partial charge in [-0.25, -0.2) is 10.2 Å². The number of hydrogen-bond donors (Lipinski definition) is 2. The minimum absolute atomic E-state index is 0.243. The van der Waals surface area contributed by atoms with Crippen molar-refractivity contribution in [3.8, 4) is 0 Å². The van der Waals surface area contributed by atoms with Crippen LogP contribution in [0.15, 0.2) is 12.1 Å². The Morgan fingerprint density at radius 1 is 1.29 bits per heavy atom. The number of hydrogen-bond acceptors (Lipinski definition) is 4. The van der Waals surface area contributed by atoms with Crippen LogP contribution in [0.2, 0.25) is 0 Å². The van der Waals surface area contributed by atoms with E-state index in [4.69, 9.17) is 0 Å². The van der Waals surface area contributed by atoms with Crippen LogP contribution in [0.3, 0.4) is 0 Å². The molecule has 0 saturated heterocycles. The fraction of sp³-hybridized carbons (Fsp3) is 0.364. The van der Waals surface area contributed by atoms with Gasteiger partial charge >= 0.3 is 6.09 Å². The third-order valence-corrected chi connectivity index (χ3v) is 2.02. The first-order valence-electron chi connectivity index (χ1n) is 5.22. The summed E-state index contributed by atoms with van der Waals surface area (Å²) < 4.78 is 4.60. The van der Waals surface area contributed by atoms with Crippen LogP contribution in [-0.4, -0.2) is 23.6 Å². The van der Waals surface area contributed by atoms with E-state index in [1.54, 1.807) is 26.0 Å². The average Bonchev–Trinajstić information content (AvgIpc) is 2.26. The molecule has 0 aromatic carbocycles. The molecule has 0 atom stereocenters. The van der Waals surface area contributed by atoms with Crippen molar-refractivity contribution >= 4 is 12.0 Å². The quantitative estimate of drug-likeness (QED) is 0.754. The number of hydrazine groups is 1. The van der Waals surface area contributed by atoms with Gasteiger partial charge in [-0.15, -0.1) is 0 Å². The molecule has 6 nitrogen and oxygen atoms in total. The van der Waals surface area contributed by atoms with Crippen LogP contribution < -0.4 is 10.9 Å². The molecule has 92 valence electrons. The lowest BCUT2D eigenvalue weighted by atomic mass is 10.2. The number of rotatable bonds is 2. The van der Waals surface area contributed by atoms with Crippen molar-refractivity contribution in [3.63, 3.8) is 0 Å². The normalized spacial score (nSPS) is 9.59. The molecule has 0 radical (unpaired) electrons. The predicted molar refractivity (Wildman–Crippen MR) is 61.3 cm³/mol. The summed E-state index contributed by atoms with van der Waals surface area (Å²) in [5, 5.41) is 0. The van der Waals surface area contributed by atoms with E-state index in [9.17, 15) is 9.59 Å². The van der Waals surface area contributed by atoms with Crippen LogP contribution in [0.5, 0.6) is 0 Å². The molecule has 0 aliphatic carbocycles. The van der Waals surface area contributed by atoms with Crippen LogP contribution in [0.4, 0.5) is 4.79 Å². The Morgan fingerprint density at radius 2 is 2.00 bits per heavy atom. The van der Waals surface area contributed by atoms with Gasteiger partial charge < -0.3 is 4.74 Å². The Bertz CT molecular complexity index is 432. The molecule has 2 amide bonds. The minimum atomic E-state index is -0.696. The Morgan fingerprint density at radius 3 is 2.59 bits per heavy atom. The molecule has 0 saturated carbocycles. The Labute approximate surface area is 99.3 Å². The number of carbonyl (C=O) groups is 2. The lowest BCUT2D eigenvalue weighted by molar-refractivity contribution is 0.0911. The Kier molecular flexibility index (Phi) is 4.45. The zero-order valence-electron chi connectivity index (χ0n) is 10.0. The summed E-state index contributed by atoms with van der Waals surface area (Å²) in [4.78, 5) is 26.8. The largest absolute Gasteiger partial charge is 0.449 e. The van der Waals surface area contributed by atoms with E-state index >= 15 is 0 Å². The van der Waals surface area contributed by atoms with E-state index in [0.29, 0.717) is 11.3 Å². The maximum Gasteiger partial charge on any atom is 0.426 e. The lowest BCUT2D eigenvalue weighted by Crippen LogP contribution is -2.42. The van der Waals surface area contributed by atoms with Gasteiger partial charge in [-0.3, -0.25) is 15.2 Å². The van der Waals surface area contributed by atoms with Crippen LogP contribution >= 0.6 is 0 Å². The summed E-state index contributed by atoms with van der Waals surface area (Å²) in [6.07, 6.45) is -0.696. The molecular weight excluding hydrogens is 222 g/mol. The van der Waals surface area contributed by atoms with Gasteiger partial charge in [0.2, 0.25) is 0 Å². The van der Waals surface area contributed by atoms with E-state index in [1.807, 2.05) is 6.92 Å². The van der Waals surface area contributed by atoms with Crippen LogP contribution in [0.25, 0.3) is 0 Å². The molecule has 1 rings (SSSR count). The lowest BCUT2D eigenvalue weighted by Gasteiger charge is -2.08. The molecule has 1 heterocycles. The third-order valence-electron chi connectivity index (χ3n) is 2.02. The second kappa shape index (κ2) is 5.83. The van der Waals surface area contributed by atoms with Crippen LogP contribution in [0, 0.1) is 13.8 Å². The first-order valence-corrected chi connectivity index (χ1v) is 5.22. The van der Waals surface area contributed by atoms with Gasteiger partial charge in [-0.1, -0.05) is 0 Å². The molecule has 17 heavy (non-hydrogen) atoms. The van der Waals surface area contributed by atoms with Crippen molar-refractivity contribution in [1.29, 1.82) is 0 Å². The molecule has 0 aliphatic heterocycles. The molecule has 0 bridgehead atoms. The molecule has 0 fully saturated rings. The fourth-order valence-corrected chi connectivity index (χ4v) is 1.27. The van der Waals surface area contributed by atoms with E-state index in [-0.39, 0.29) is 6.61 Å². The van der Waals surface area contributed by atoms with Gasteiger partial charge in [0.15, 0.2) is 0 Å². The monoisotopic (exact) mass is 237 g/mol. The second-order valence-electron chi connectivity index (χ2n) is 3.39. The zero-order valence-corrected chi connectivity index (χ0v) is 10.0. The van der Waals surface area contributed by atoms with E-state index in [0.717, 1.165) is 5.69 Å². The molecule has 6 heteroatoms. The molecular formula is C11H15N3O3. The molecule has 1 aromatic heterocycles. The SMILES string of the molecule is CCOC(=O)NNC(=O)c1ccc(C)nc1C. The minimum Gasteiger partial charge on any atom is -0.449 e. The van der Waals surface area contributed by atoms with Crippen molar-refractivity contribution < 1.29 is 14.3 Å². The van der Waals surface area contributed by atoms with Gasteiger partial charge in [0, 0.05) is 5.69 Å². The zero-order chi connectivity index (χ0) is 12.8. The Balaban J connectivity index is 2.61. The standard InChI is InChI=1S/C11H15N3O3/c1-4-17-11(16)14-13-10(15)9-6-5-7(2)12-8(9)3/h5-6H,4H2,1-3H3,(H,13,15)(H,14,16). The third kappa shape index (κ3) is 3.75. The van der Waals surface area contributed by atoms with Crippen molar-refractivity contribution in [2.24, 2.45) is 0 Å². The molecule has 0 aliphatic rings. The highest BCUT2D eigenvalue weighted by Gasteiger charge is 2.10. The van der Waals surface area contributed by atoms with Crippen LogP contribution in [0.1, 0.15) is 28.7 Å². The number of aryl methyl sites for hydroxylation is 2. The van der Waals surface area contributed by atoms with Gasteiger partial charge in [-0.05, 0) is 32.9 Å². The summed E-state index contributed by atoms with van der Waals surface area (Å²) in [7, 11) is 0. The number of aromatic nitrogens is 1. The Hall–Kier alpha value is -2.11. The van der Waals surface area contributed by atoms with E-state index in [2.05, 4.69) is 20.6 Å². The predicted octanol–water partition coefficient (Wildman–Crippen LogP) is 1.09. The van der Waals surface area contributed by atoms with E-state index in [1.165, 1.54) is 0 Å². The summed E-state index contributed by atoms with van der Waals surface area (Å²) in [5.74, 6) is -0.428. The second-order valence-corrected chi connectivity index (χ2v) is 3.39. The first kappa shape index (κ1) is 13.0. The number of ether oxygens (including phenoxy) is 1. The molecule has 0 spiro atoms. The highest BCUT2D eigenvalue weighted by atomic mass is 16.5. The molecule has 1 aromatic rings. The fourth-order valence-electron chi connectivity index (χ4n) is 1.27. The van der Waals surface area contributed by atoms with Gasteiger partial charge in [0.05, 0.1) is 17.9 Å². The number of nitrogens with one attached hydrogen (secondary N) is 2. The maximum atomic E-state index is 11.7. The topological polar surface area (TPSA) is 80.3 Å². The molecule has 0 unspecified atom stereocenters. The average molecular weight is 237 g/mol. The van der Waals surface area contributed by atoms with E-state index < -0.39 is 12.0 Å². The van der Waals surface area contributed by atoms with Gasteiger partial charge in [0.25, 0.3) is 5.91 Å². The number of pyridine rings is 1. The number of nitrogens with zero attached hydrogens (tertiary/aromatic N) is 1. The maximum absolute atomic E-state index is 11.7. The van der Waals surface area contributed by atoms with Crippen LogP contribution in [-0.2, 0) is 4.74 Å². The van der Waals surface area contributed by atoms with Crippen molar-refractivity contribution in [2.75, 3.05) is 6.61 Å². The van der Waals surface area contributed by atoms with Crippen molar-refractivity contribution in [3.05, 3.63) is 29.1 Å². The summed E-state index contributed by atoms with van der Waals surface area (Å²) in [5.41, 5.74) is 6.22. The first-order chi connectivity index (χ1) is 8.04. The summed E-state index contributed by atoms with van der Waals surface area (Å²) in [6.45, 7) is 5.49. The number of amides is 2. The summed E-state index contributed by atoms with van der Waals surface area (Å²) in [6, 6.07) is 3.38. The number of carbonyl (C=O) groups excluding carboxylic acids is 2. The smallest absolute Gasteiger partial charge is 0.426 e. The molecule has 2 N–H and O–H groups in total.